The van der Waals surface area contributed by atoms with E-state index in [2.05, 4.69) is 5.32 Å². The second-order valence-corrected chi connectivity index (χ2v) is 2.59. The minimum Gasteiger partial charge on any atom is -0.394 e. The SMILES string of the molecule is CC.OCC(O)CC1C=CC=CN1. The molecule has 0 spiro atoms. The first-order chi connectivity index (χ1) is 6.33. The smallest absolute Gasteiger partial charge is 0.0793 e. The van der Waals surface area contributed by atoms with Crippen LogP contribution < -0.4 is 5.32 Å². The van der Waals surface area contributed by atoms with Gasteiger partial charge in [0, 0.05) is 6.04 Å². The summed E-state index contributed by atoms with van der Waals surface area (Å²) in [4.78, 5) is 0. The summed E-state index contributed by atoms with van der Waals surface area (Å²) in [5.41, 5.74) is 0. The fourth-order valence-electron chi connectivity index (χ4n) is 1.00. The lowest BCUT2D eigenvalue weighted by Gasteiger charge is -2.17. The fraction of sp³-hybridized carbons (Fsp3) is 0.600. The number of hydrogen-bond donors (Lipinski definition) is 3. The van der Waals surface area contributed by atoms with E-state index < -0.39 is 6.10 Å². The summed E-state index contributed by atoms with van der Waals surface area (Å²) in [6.45, 7) is 3.83. The van der Waals surface area contributed by atoms with Crippen LogP contribution in [0.1, 0.15) is 20.3 Å². The number of allylic oxidation sites excluding steroid dienone is 2. The lowest BCUT2D eigenvalue weighted by atomic mass is 10.1. The van der Waals surface area contributed by atoms with Crippen molar-refractivity contribution in [2.75, 3.05) is 6.61 Å². The van der Waals surface area contributed by atoms with Crippen molar-refractivity contribution in [2.24, 2.45) is 0 Å². The summed E-state index contributed by atoms with van der Waals surface area (Å²) < 4.78 is 0. The molecule has 2 atom stereocenters. The molecule has 76 valence electrons. The molecule has 2 unspecified atom stereocenters. The Bertz CT molecular complexity index is 166. The first-order valence-electron chi connectivity index (χ1n) is 4.71. The van der Waals surface area contributed by atoms with Crippen molar-refractivity contribution in [2.45, 2.75) is 32.4 Å². The summed E-state index contributed by atoms with van der Waals surface area (Å²) in [5, 5.41) is 20.7. The van der Waals surface area contributed by atoms with Gasteiger partial charge in [-0.1, -0.05) is 26.0 Å². The first kappa shape index (κ1) is 12.2. The largest absolute Gasteiger partial charge is 0.394 e. The van der Waals surface area contributed by atoms with Gasteiger partial charge in [0.25, 0.3) is 0 Å². The van der Waals surface area contributed by atoms with Crippen molar-refractivity contribution in [1.29, 1.82) is 0 Å². The maximum atomic E-state index is 9.06. The molecule has 0 bridgehead atoms. The van der Waals surface area contributed by atoms with Gasteiger partial charge in [-0.2, -0.15) is 0 Å². The predicted molar refractivity (Wildman–Crippen MR) is 54.3 cm³/mol. The van der Waals surface area contributed by atoms with Crippen LogP contribution in [-0.2, 0) is 0 Å². The minimum atomic E-state index is -0.622. The molecule has 0 radical (unpaired) electrons. The van der Waals surface area contributed by atoms with E-state index in [4.69, 9.17) is 10.2 Å². The number of aliphatic hydroxyl groups excluding tert-OH is 2. The Morgan fingerprint density at radius 2 is 2.08 bits per heavy atom. The zero-order chi connectivity index (χ0) is 10.1. The molecular weight excluding hydrogens is 166 g/mol. The van der Waals surface area contributed by atoms with Crippen LogP contribution in [0.15, 0.2) is 24.4 Å². The Morgan fingerprint density at radius 3 is 2.54 bits per heavy atom. The van der Waals surface area contributed by atoms with E-state index >= 15 is 0 Å². The Morgan fingerprint density at radius 1 is 1.38 bits per heavy atom. The molecule has 0 aliphatic carbocycles. The van der Waals surface area contributed by atoms with Crippen LogP contribution in [0, 0.1) is 0 Å². The quantitative estimate of drug-likeness (QED) is 0.609. The van der Waals surface area contributed by atoms with E-state index in [0.29, 0.717) is 6.42 Å². The van der Waals surface area contributed by atoms with Gasteiger partial charge in [0.1, 0.15) is 0 Å². The van der Waals surface area contributed by atoms with E-state index in [1.807, 2.05) is 38.3 Å². The number of nitrogens with one attached hydrogen (secondary N) is 1. The van der Waals surface area contributed by atoms with Crippen molar-refractivity contribution in [3.05, 3.63) is 24.4 Å². The molecule has 1 rings (SSSR count). The molecule has 1 aliphatic heterocycles. The zero-order valence-corrected chi connectivity index (χ0v) is 8.27. The second kappa shape index (κ2) is 7.83. The molecule has 0 amide bonds. The summed E-state index contributed by atoms with van der Waals surface area (Å²) in [6.07, 6.45) is 7.53. The zero-order valence-electron chi connectivity index (χ0n) is 8.27. The van der Waals surface area contributed by atoms with Crippen LogP contribution in [-0.4, -0.2) is 29.0 Å². The standard InChI is InChI=1S/C8H13NO2.C2H6/c10-6-8(11)5-7-3-1-2-4-9-7;1-2/h1-4,7-11H,5-6H2;1-2H3. The van der Waals surface area contributed by atoms with E-state index in [1.54, 1.807) is 0 Å². The third-order valence-electron chi connectivity index (χ3n) is 1.60. The fourth-order valence-corrected chi connectivity index (χ4v) is 1.00. The molecule has 1 aliphatic rings. The van der Waals surface area contributed by atoms with Crippen LogP contribution in [0.25, 0.3) is 0 Å². The maximum Gasteiger partial charge on any atom is 0.0793 e. The monoisotopic (exact) mass is 185 g/mol. The Balaban J connectivity index is 0.000000671. The van der Waals surface area contributed by atoms with Crippen LogP contribution in [0.2, 0.25) is 0 Å². The summed E-state index contributed by atoms with van der Waals surface area (Å²) in [6, 6.07) is 0.155. The topological polar surface area (TPSA) is 52.5 Å². The maximum absolute atomic E-state index is 9.06. The number of dihydropyridines is 1. The summed E-state index contributed by atoms with van der Waals surface area (Å²) >= 11 is 0. The lowest BCUT2D eigenvalue weighted by molar-refractivity contribution is 0.0840. The average molecular weight is 185 g/mol. The van der Waals surface area contributed by atoms with Gasteiger partial charge in [0.15, 0.2) is 0 Å². The van der Waals surface area contributed by atoms with Gasteiger partial charge in [-0.05, 0) is 18.7 Å². The Labute approximate surface area is 79.8 Å². The van der Waals surface area contributed by atoms with Crippen molar-refractivity contribution in [3.8, 4) is 0 Å². The normalized spacial score (nSPS) is 21.4. The highest BCUT2D eigenvalue weighted by Gasteiger charge is 2.09. The Kier molecular flexibility index (Phi) is 7.35. The third-order valence-corrected chi connectivity index (χ3v) is 1.60. The molecular formula is C10H19NO2. The van der Waals surface area contributed by atoms with Gasteiger partial charge in [-0.15, -0.1) is 0 Å². The third kappa shape index (κ3) is 5.44. The average Bonchev–Trinajstić information content (AvgIpc) is 2.22. The molecule has 13 heavy (non-hydrogen) atoms. The number of hydrogen-bond acceptors (Lipinski definition) is 3. The second-order valence-electron chi connectivity index (χ2n) is 2.59. The van der Waals surface area contributed by atoms with Crippen LogP contribution in [0.3, 0.4) is 0 Å². The molecule has 0 saturated heterocycles. The highest BCUT2D eigenvalue weighted by atomic mass is 16.3. The van der Waals surface area contributed by atoms with Gasteiger partial charge in [-0.3, -0.25) is 0 Å². The van der Waals surface area contributed by atoms with Crippen LogP contribution in [0.4, 0.5) is 0 Å². The molecule has 0 saturated carbocycles. The van der Waals surface area contributed by atoms with Gasteiger partial charge in [0.2, 0.25) is 0 Å². The summed E-state index contributed by atoms with van der Waals surface area (Å²) in [7, 11) is 0. The van der Waals surface area contributed by atoms with Crippen molar-refractivity contribution >= 4 is 0 Å². The van der Waals surface area contributed by atoms with E-state index in [9.17, 15) is 0 Å². The minimum absolute atomic E-state index is 0.155. The Hall–Kier alpha value is -0.800. The molecule has 3 nitrogen and oxygen atoms in total. The van der Waals surface area contributed by atoms with E-state index in [0.717, 1.165) is 0 Å². The van der Waals surface area contributed by atoms with Gasteiger partial charge in [-0.25, -0.2) is 0 Å². The first-order valence-corrected chi connectivity index (χ1v) is 4.71. The van der Waals surface area contributed by atoms with Gasteiger partial charge < -0.3 is 15.5 Å². The van der Waals surface area contributed by atoms with Crippen LogP contribution in [0.5, 0.6) is 0 Å². The lowest BCUT2D eigenvalue weighted by Crippen LogP contribution is -2.29. The van der Waals surface area contributed by atoms with Crippen molar-refractivity contribution in [3.63, 3.8) is 0 Å². The molecule has 3 heteroatoms. The van der Waals surface area contributed by atoms with Gasteiger partial charge >= 0.3 is 0 Å². The molecule has 1 heterocycles. The van der Waals surface area contributed by atoms with E-state index in [-0.39, 0.29) is 12.6 Å². The van der Waals surface area contributed by atoms with Crippen molar-refractivity contribution < 1.29 is 10.2 Å². The van der Waals surface area contributed by atoms with Crippen molar-refractivity contribution in [1.82, 2.24) is 5.32 Å². The molecule has 0 aromatic heterocycles. The van der Waals surface area contributed by atoms with Gasteiger partial charge in [0.05, 0.1) is 12.7 Å². The molecule has 0 aromatic rings. The molecule has 0 fully saturated rings. The highest BCUT2D eigenvalue weighted by Crippen LogP contribution is 2.02. The highest BCUT2D eigenvalue weighted by molar-refractivity contribution is 5.12. The van der Waals surface area contributed by atoms with Crippen LogP contribution >= 0.6 is 0 Å². The number of aliphatic hydroxyl groups is 2. The summed E-state index contributed by atoms with van der Waals surface area (Å²) in [5.74, 6) is 0. The predicted octanol–water partition coefficient (Wildman–Crippen LogP) is 0.798. The van der Waals surface area contributed by atoms with E-state index in [1.165, 1.54) is 0 Å². The number of rotatable bonds is 3. The molecule has 3 N–H and O–H groups in total. The molecule has 0 aromatic carbocycles.